The van der Waals surface area contributed by atoms with Crippen molar-refractivity contribution in [3.63, 3.8) is 0 Å². The van der Waals surface area contributed by atoms with E-state index in [1.807, 2.05) is 11.8 Å². The first-order valence-corrected chi connectivity index (χ1v) is 6.25. The third-order valence-corrected chi connectivity index (χ3v) is 3.24. The molecule has 0 aromatic rings. The van der Waals surface area contributed by atoms with Crippen LogP contribution in [0.5, 0.6) is 0 Å². The predicted octanol–water partition coefficient (Wildman–Crippen LogP) is -0.830. The fourth-order valence-electron chi connectivity index (χ4n) is 1.98. The maximum absolute atomic E-state index is 10.9. The van der Waals surface area contributed by atoms with Gasteiger partial charge in [-0.3, -0.25) is 4.99 Å². The SMILES string of the molecule is CC1=C2C[C@H](NS(N)(=O)=O)CN2C=NC1. The molecule has 0 aromatic heterocycles. The third-order valence-electron chi connectivity index (χ3n) is 2.58. The predicted molar refractivity (Wildman–Crippen MR) is 57.4 cm³/mol. The summed E-state index contributed by atoms with van der Waals surface area (Å²) in [6.07, 6.45) is 2.45. The summed E-state index contributed by atoms with van der Waals surface area (Å²) >= 11 is 0. The van der Waals surface area contributed by atoms with Gasteiger partial charge in [0.05, 0.1) is 12.9 Å². The minimum atomic E-state index is -3.61. The molecule has 0 saturated carbocycles. The summed E-state index contributed by atoms with van der Waals surface area (Å²) < 4.78 is 24.2. The first kappa shape index (κ1) is 10.6. The van der Waals surface area contributed by atoms with Crippen molar-refractivity contribution in [1.29, 1.82) is 0 Å². The first-order chi connectivity index (χ1) is 6.96. The monoisotopic (exact) mass is 230 g/mol. The van der Waals surface area contributed by atoms with Crippen LogP contribution in [0.2, 0.25) is 0 Å². The van der Waals surface area contributed by atoms with Crippen LogP contribution in [0.1, 0.15) is 13.3 Å². The molecule has 2 rings (SSSR count). The van der Waals surface area contributed by atoms with Gasteiger partial charge in [0.25, 0.3) is 10.2 Å². The molecule has 1 fully saturated rings. The van der Waals surface area contributed by atoms with E-state index in [0.717, 1.165) is 5.70 Å². The second kappa shape index (κ2) is 3.58. The van der Waals surface area contributed by atoms with Gasteiger partial charge in [-0.05, 0) is 12.5 Å². The highest BCUT2D eigenvalue weighted by Gasteiger charge is 2.30. The number of nitrogens with two attached hydrogens (primary N) is 1. The number of hydrogen-bond donors (Lipinski definition) is 2. The lowest BCUT2D eigenvalue weighted by molar-refractivity contribution is 0.527. The number of aliphatic imine (C=N–C) groups is 1. The van der Waals surface area contributed by atoms with Crippen LogP contribution in [0.25, 0.3) is 0 Å². The summed E-state index contributed by atoms with van der Waals surface area (Å²) in [5.41, 5.74) is 2.35. The molecule has 0 unspecified atom stereocenters. The van der Waals surface area contributed by atoms with Crippen LogP contribution in [0.15, 0.2) is 16.3 Å². The number of nitrogens with one attached hydrogen (secondary N) is 1. The molecule has 0 amide bonds. The second-order valence-corrected chi connectivity index (χ2v) is 5.23. The molecule has 0 radical (unpaired) electrons. The van der Waals surface area contributed by atoms with Crippen LogP contribution >= 0.6 is 0 Å². The van der Waals surface area contributed by atoms with E-state index in [0.29, 0.717) is 19.5 Å². The van der Waals surface area contributed by atoms with Gasteiger partial charge in [0, 0.05) is 24.7 Å². The maximum atomic E-state index is 10.9. The summed E-state index contributed by atoms with van der Waals surface area (Å²) in [5.74, 6) is 0. The molecule has 15 heavy (non-hydrogen) atoms. The number of hydrogen-bond acceptors (Lipinski definition) is 4. The molecule has 84 valence electrons. The van der Waals surface area contributed by atoms with E-state index in [4.69, 9.17) is 5.14 Å². The van der Waals surface area contributed by atoms with Crippen molar-refractivity contribution in [2.45, 2.75) is 19.4 Å². The van der Waals surface area contributed by atoms with E-state index in [9.17, 15) is 8.42 Å². The molecular formula is C8H14N4O2S. The lowest BCUT2D eigenvalue weighted by atomic mass is 10.1. The van der Waals surface area contributed by atoms with Crippen molar-refractivity contribution in [3.05, 3.63) is 11.3 Å². The van der Waals surface area contributed by atoms with Crippen LogP contribution in [0.4, 0.5) is 0 Å². The van der Waals surface area contributed by atoms with Gasteiger partial charge in [-0.25, -0.2) is 5.14 Å². The first-order valence-electron chi connectivity index (χ1n) is 4.71. The highest BCUT2D eigenvalue weighted by molar-refractivity contribution is 7.87. The van der Waals surface area contributed by atoms with Gasteiger partial charge in [0.2, 0.25) is 0 Å². The second-order valence-electron chi connectivity index (χ2n) is 3.90. The highest BCUT2D eigenvalue weighted by atomic mass is 32.2. The van der Waals surface area contributed by atoms with Crippen molar-refractivity contribution in [2.75, 3.05) is 13.1 Å². The molecule has 0 aliphatic carbocycles. The Hall–Kier alpha value is -0.920. The standard InChI is InChI=1S/C8H14N4O2S/c1-6-3-10-5-12-4-7(2-8(6)12)11-15(9,13)14/h5,7,11H,2-4H2,1H3,(H2,9,13,14)/t7-/m0/s1. The van der Waals surface area contributed by atoms with Gasteiger partial charge in [-0.1, -0.05) is 0 Å². The van der Waals surface area contributed by atoms with Crippen LogP contribution in [0.3, 0.4) is 0 Å². The fraction of sp³-hybridized carbons (Fsp3) is 0.625. The summed E-state index contributed by atoms with van der Waals surface area (Å²) in [6, 6.07) is -0.144. The van der Waals surface area contributed by atoms with Gasteiger partial charge in [-0.15, -0.1) is 0 Å². The average Bonchev–Trinajstić information content (AvgIpc) is 2.45. The van der Waals surface area contributed by atoms with E-state index >= 15 is 0 Å². The fourth-order valence-corrected chi connectivity index (χ4v) is 2.60. The Morgan fingerprint density at radius 1 is 1.67 bits per heavy atom. The van der Waals surface area contributed by atoms with Gasteiger partial charge < -0.3 is 4.90 Å². The van der Waals surface area contributed by atoms with Crippen molar-refractivity contribution >= 4 is 16.5 Å². The summed E-state index contributed by atoms with van der Waals surface area (Å²) in [4.78, 5) is 6.14. The molecule has 2 aliphatic rings. The molecule has 0 bridgehead atoms. The molecule has 3 N–H and O–H groups in total. The highest BCUT2D eigenvalue weighted by Crippen LogP contribution is 2.25. The molecule has 0 spiro atoms. The van der Waals surface area contributed by atoms with Crippen molar-refractivity contribution in [1.82, 2.24) is 9.62 Å². The van der Waals surface area contributed by atoms with Gasteiger partial charge in [0.15, 0.2) is 0 Å². The number of fused-ring (bicyclic) bond motifs is 1. The van der Waals surface area contributed by atoms with E-state index in [1.165, 1.54) is 5.57 Å². The van der Waals surface area contributed by atoms with Crippen LogP contribution in [-0.4, -0.2) is 38.8 Å². The van der Waals surface area contributed by atoms with Crippen molar-refractivity contribution < 1.29 is 8.42 Å². The van der Waals surface area contributed by atoms with Crippen LogP contribution in [-0.2, 0) is 10.2 Å². The van der Waals surface area contributed by atoms with Gasteiger partial charge >= 0.3 is 0 Å². The Labute approximate surface area is 89.0 Å². The lowest BCUT2D eigenvalue weighted by Gasteiger charge is -2.19. The minimum Gasteiger partial charge on any atom is -0.335 e. The van der Waals surface area contributed by atoms with Gasteiger partial charge in [-0.2, -0.15) is 13.1 Å². The topological polar surface area (TPSA) is 87.8 Å². The average molecular weight is 230 g/mol. The van der Waals surface area contributed by atoms with Crippen molar-refractivity contribution in [2.24, 2.45) is 10.1 Å². The van der Waals surface area contributed by atoms with E-state index < -0.39 is 10.2 Å². The third kappa shape index (κ3) is 2.36. The van der Waals surface area contributed by atoms with Gasteiger partial charge in [0.1, 0.15) is 0 Å². The zero-order valence-corrected chi connectivity index (χ0v) is 9.29. The Balaban J connectivity index is 2.12. The Bertz CT molecular complexity index is 426. The quantitative estimate of drug-likeness (QED) is 0.649. The normalized spacial score (nSPS) is 26.0. The maximum Gasteiger partial charge on any atom is 0.274 e. The largest absolute Gasteiger partial charge is 0.335 e. The zero-order valence-electron chi connectivity index (χ0n) is 8.47. The molecule has 0 aromatic carbocycles. The molecule has 2 heterocycles. The Morgan fingerprint density at radius 2 is 2.40 bits per heavy atom. The molecule has 1 saturated heterocycles. The summed E-state index contributed by atoms with van der Waals surface area (Å²) in [7, 11) is -3.61. The molecule has 2 aliphatic heterocycles. The van der Waals surface area contributed by atoms with E-state index in [2.05, 4.69) is 9.71 Å². The Morgan fingerprint density at radius 3 is 3.00 bits per heavy atom. The summed E-state index contributed by atoms with van der Waals surface area (Å²) in [5, 5.41) is 4.93. The molecule has 1 atom stereocenters. The van der Waals surface area contributed by atoms with Crippen LogP contribution in [0, 0.1) is 0 Å². The molecule has 6 nitrogen and oxygen atoms in total. The zero-order chi connectivity index (χ0) is 11.1. The van der Waals surface area contributed by atoms with Crippen LogP contribution < -0.4 is 9.86 Å². The summed E-state index contributed by atoms with van der Waals surface area (Å²) in [6.45, 7) is 3.32. The minimum absolute atomic E-state index is 0.144. The van der Waals surface area contributed by atoms with E-state index in [1.54, 1.807) is 6.34 Å². The Kier molecular flexibility index (Phi) is 2.53. The molecule has 7 heteroatoms. The number of nitrogens with zero attached hydrogens (tertiary/aromatic N) is 2. The van der Waals surface area contributed by atoms with Crippen molar-refractivity contribution in [3.8, 4) is 0 Å². The lowest BCUT2D eigenvalue weighted by Crippen LogP contribution is -2.40. The number of rotatable bonds is 2. The molecular weight excluding hydrogens is 216 g/mol. The van der Waals surface area contributed by atoms with E-state index in [-0.39, 0.29) is 6.04 Å². The smallest absolute Gasteiger partial charge is 0.274 e.